The van der Waals surface area contributed by atoms with E-state index in [9.17, 15) is 0 Å². The van der Waals surface area contributed by atoms with Crippen molar-refractivity contribution < 1.29 is 0 Å². The summed E-state index contributed by atoms with van der Waals surface area (Å²) in [6.07, 6.45) is 2.24. The van der Waals surface area contributed by atoms with Crippen molar-refractivity contribution in [3.8, 4) is 10.4 Å². The van der Waals surface area contributed by atoms with Gasteiger partial charge in [0, 0.05) is 25.8 Å². The second-order valence-electron chi connectivity index (χ2n) is 4.78. The third-order valence-corrected chi connectivity index (χ3v) is 4.85. The lowest BCUT2D eigenvalue weighted by molar-refractivity contribution is 0.525. The highest BCUT2D eigenvalue weighted by Gasteiger charge is 2.12. The molecule has 1 N–H and O–H groups in total. The molecule has 1 atom stereocenters. The summed E-state index contributed by atoms with van der Waals surface area (Å²) in [5, 5.41) is 4.94. The molecule has 0 saturated carbocycles. The fourth-order valence-corrected chi connectivity index (χ4v) is 3.84. The van der Waals surface area contributed by atoms with Crippen LogP contribution in [0.4, 0.5) is 0 Å². The SMILES string of the molecule is CCCNC(CC)c1ccc(-c2cc(Cl)cc(Cl)c2)s1. The van der Waals surface area contributed by atoms with Crippen LogP contribution in [0.3, 0.4) is 0 Å². The second kappa shape index (κ2) is 7.46. The van der Waals surface area contributed by atoms with Gasteiger partial charge in [-0.1, -0.05) is 37.0 Å². The molecule has 0 bridgehead atoms. The first-order valence-electron chi connectivity index (χ1n) is 6.93. The van der Waals surface area contributed by atoms with Gasteiger partial charge in [0.2, 0.25) is 0 Å². The molecule has 1 aromatic heterocycles. The highest BCUT2D eigenvalue weighted by atomic mass is 35.5. The molecule has 0 aliphatic carbocycles. The molecule has 0 aliphatic heterocycles. The highest BCUT2D eigenvalue weighted by Crippen LogP contribution is 2.35. The molecule has 2 rings (SSSR count). The van der Waals surface area contributed by atoms with Gasteiger partial charge >= 0.3 is 0 Å². The number of hydrogen-bond acceptors (Lipinski definition) is 2. The highest BCUT2D eigenvalue weighted by molar-refractivity contribution is 7.15. The van der Waals surface area contributed by atoms with E-state index in [2.05, 4.69) is 31.3 Å². The van der Waals surface area contributed by atoms with E-state index in [-0.39, 0.29) is 0 Å². The van der Waals surface area contributed by atoms with Crippen LogP contribution in [0.1, 0.15) is 37.6 Å². The average molecular weight is 328 g/mol. The van der Waals surface area contributed by atoms with Crippen LogP contribution in [-0.4, -0.2) is 6.54 Å². The number of rotatable bonds is 6. The maximum atomic E-state index is 6.07. The van der Waals surface area contributed by atoms with Crippen molar-refractivity contribution in [1.82, 2.24) is 5.32 Å². The van der Waals surface area contributed by atoms with E-state index in [0.717, 1.165) is 24.9 Å². The van der Waals surface area contributed by atoms with Gasteiger partial charge in [-0.05, 0) is 55.3 Å². The van der Waals surface area contributed by atoms with Gasteiger partial charge in [-0.25, -0.2) is 0 Å². The standard InChI is InChI=1S/C16H19Cl2NS/c1-3-7-19-14(4-2)16-6-5-15(20-16)11-8-12(17)10-13(18)9-11/h5-6,8-10,14,19H,3-4,7H2,1-2H3. The molecule has 1 heterocycles. The van der Waals surface area contributed by atoms with Crippen LogP contribution in [0.25, 0.3) is 10.4 Å². The lowest BCUT2D eigenvalue weighted by Gasteiger charge is -2.14. The maximum Gasteiger partial charge on any atom is 0.0427 e. The molecule has 1 unspecified atom stereocenters. The Morgan fingerprint density at radius 1 is 1.10 bits per heavy atom. The van der Waals surface area contributed by atoms with Crippen LogP contribution in [0.5, 0.6) is 0 Å². The van der Waals surface area contributed by atoms with Crippen LogP contribution in [0.2, 0.25) is 10.0 Å². The van der Waals surface area contributed by atoms with E-state index in [4.69, 9.17) is 23.2 Å². The first kappa shape index (κ1) is 15.8. The normalized spacial score (nSPS) is 12.6. The minimum Gasteiger partial charge on any atom is -0.309 e. The van der Waals surface area contributed by atoms with Crippen LogP contribution in [-0.2, 0) is 0 Å². The Balaban J connectivity index is 2.23. The number of hydrogen-bond donors (Lipinski definition) is 1. The summed E-state index contributed by atoms with van der Waals surface area (Å²) in [6, 6.07) is 10.5. The quantitative estimate of drug-likeness (QED) is 0.668. The van der Waals surface area contributed by atoms with Crippen molar-refractivity contribution in [1.29, 1.82) is 0 Å². The summed E-state index contributed by atoms with van der Waals surface area (Å²) in [5.74, 6) is 0. The molecule has 4 heteroatoms. The smallest absolute Gasteiger partial charge is 0.0427 e. The topological polar surface area (TPSA) is 12.0 Å². The summed E-state index contributed by atoms with van der Waals surface area (Å²) in [7, 11) is 0. The molecule has 0 fully saturated rings. The van der Waals surface area contributed by atoms with Crippen molar-refractivity contribution >= 4 is 34.5 Å². The van der Waals surface area contributed by atoms with Gasteiger partial charge in [-0.3, -0.25) is 0 Å². The number of nitrogens with one attached hydrogen (secondary N) is 1. The maximum absolute atomic E-state index is 6.07. The van der Waals surface area contributed by atoms with Crippen LogP contribution >= 0.6 is 34.5 Å². The number of halogens is 2. The number of thiophene rings is 1. The molecule has 108 valence electrons. The lowest BCUT2D eigenvalue weighted by atomic mass is 10.1. The first-order valence-corrected chi connectivity index (χ1v) is 8.50. The van der Waals surface area contributed by atoms with E-state index in [1.807, 2.05) is 12.1 Å². The van der Waals surface area contributed by atoms with Crippen LogP contribution < -0.4 is 5.32 Å². The molecule has 1 aromatic carbocycles. The Kier molecular flexibility index (Phi) is 5.91. The molecule has 0 amide bonds. The van der Waals surface area contributed by atoms with Crippen molar-refractivity contribution in [3.05, 3.63) is 45.3 Å². The van der Waals surface area contributed by atoms with Crippen molar-refractivity contribution in [3.63, 3.8) is 0 Å². The molecule has 20 heavy (non-hydrogen) atoms. The average Bonchev–Trinajstić information content (AvgIpc) is 2.88. The number of benzene rings is 1. The monoisotopic (exact) mass is 327 g/mol. The summed E-state index contributed by atoms with van der Waals surface area (Å²) in [4.78, 5) is 2.58. The van der Waals surface area contributed by atoms with E-state index in [1.165, 1.54) is 9.75 Å². The summed E-state index contributed by atoms with van der Waals surface area (Å²) >= 11 is 14.0. The zero-order valence-electron chi connectivity index (χ0n) is 11.7. The third kappa shape index (κ3) is 3.98. The van der Waals surface area contributed by atoms with Crippen LogP contribution in [0, 0.1) is 0 Å². The molecular weight excluding hydrogens is 309 g/mol. The minimum atomic E-state index is 0.434. The summed E-state index contributed by atoms with van der Waals surface area (Å²) in [6.45, 7) is 5.45. The van der Waals surface area contributed by atoms with Gasteiger partial charge < -0.3 is 5.32 Å². The zero-order valence-corrected chi connectivity index (χ0v) is 14.1. The molecule has 2 aromatic rings. The first-order chi connectivity index (χ1) is 9.63. The Labute approximate surface area is 134 Å². The minimum absolute atomic E-state index is 0.434. The molecule has 0 spiro atoms. The Bertz CT molecular complexity index is 545. The van der Waals surface area contributed by atoms with Gasteiger partial charge in [-0.15, -0.1) is 11.3 Å². The van der Waals surface area contributed by atoms with Crippen molar-refractivity contribution in [2.24, 2.45) is 0 Å². The molecular formula is C16H19Cl2NS. The molecule has 1 nitrogen and oxygen atoms in total. The molecule has 0 saturated heterocycles. The van der Waals surface area contributed by atoms with Crippen molar-refractivity contribution in [2.45, 2.75) is 32.7 Å². The van der Waals surface area contributed by atoms with E-state index >= 15 is 0 Å². The molecule has 0 radical (unpaired) electrons. The van der Waals surface area contributed by atoms with E-state index in [0.29, 0.717) is 16.1 Å². The van der Waals surface area contributed by atoms with Crippen molar-refractivity contribution in [2.75, 3.05) is 6.54 Å². The fourth-order valence-electron chi connectivity index (χ4n) is 2.16. The largest absolute Gasteiger partial charge is 0.309 e. The predicted octanol–water partition coefficient (Wildman–Crippen LogP) is 6.17. The van der Waals surface area contributed by atoms with E-state index < -0.39 is 0 Å². The zero-order chi connectivity index (χ0) is 14.5. The van der Waals surface area contributed by atoms with Gasteiger partial charge in [0.15, 0.2) is 0 Å². The van der Waals surface area contributed by atoms with E-state index in [1.54, 1.807) is 17.4 Å². The summed E-state index contributed by atoms with van der Waals surface area (Å²) in [5.41, 5.74) is 1.09. The second-order valence-corrected chi connectivity index (χ2v) is 6.76. The molecule has 0 aliphatic rings. The Morgan fingerprint density at radius 3 is 2.40 bits per heavy atom. The van der Waals surface area contributed by atoms with Gasteiger partial charge in [0.1, 0.15) is 0 Å². The fraction of sp³-hybridized carbons (Fsp3) is 0.375. The van der Waals surface area contributed by atoms with Gasteiger partial charge in [0.05, 0.1) is 0 Å². The third-order valence-electron chi connectivity index (χ3n) is 3.17. The Hall–Kier alpha value is -0.540. The summed E-state index contributed by atoms with van der Waals surface area (Å²) < 4.78 is 0. The Morgan fingerprint density at radius 2 is 1.80 bits per heavy atom. The van der Waals surface area contributed by atoms with Gasteiger partial charge in [0.25, 0.3) is 0 Å². The lowest BCUT2D eigenvalue weighted by Crippen LogP contribution is -2.20. The van der Waals surface area contributed by atoms with Crippen LogP contribution in [0.15, 0.2) is 30.3 Å². The predicted molar refractivity (Wildman–Crippen MR) is 91.1 cm³/mol. The van der Waals surface area contributed by atoms with Gasteiger partial charge in [-0.2, -0.15) is 0 Å².